The largest absolute Gasteiger partial charge is 0.385 e. The molecule has 0 aromatic heterocycles. The van der Waals surface area contributed by atoms with E-state index in [-0.39, 0.29) is 22.8 Å². The van der Waals surface area contributed by atoms with Gasteiger partial charge in [-0.15, -0.1) is 0 Å². The maximum atomic E-state index is 13.5. The molecular weight excluding hydrogens is 226 g/mol. The van der Waals surface area contributed by atoms with Gasteiger partial charge in [0, 0.05) is 25.7 Å². The maximum Gasteiger partial charge on any atom is 0.168 e. The lowest BCUT2D eigenvalue weighted by molar-refractivity contribution is 0.0889. The Bertz CT molecular complexity index is 416. The molecule has 0 heterocycles. The molecule has 0 aliphatic heterocycles. The molecule has 0 aliphatic carbocycles. The average molecular weight is 242 g/mol. The predicted octanol–water partition coefficient (Wildman–Crippen LogP) is 3.13. The third-order valence-electron chi connectivity index (χ3n) is 2.72. The lowest BCUT2D eigenvalue weighted by Crippen LogP contribution is -2.15. The molecule has 4 heteroatoms. The lowest BCUT2D eigenvalue weighted by atomic mass is 9.95. The molecule has 94 valence electrons. The Labute approximate surface area is 99.6 Å². The fourth-order valence-corrected chi connectivity index (χ4v) is 1.54. The van der Waals surface area contributed by atoms with Crippen LogP contribution in [0.1, 0.15) is 29.3 Å². The van der Waals surface area contributed by atoms with Crippen LogP contribution in [0.3, 0.4) is 0 Å². The third kappa shape index (κ3) is 3.33. The number of rotatable bonds is 5. The maximum absolute atomic E-state index is 13.5. The first-order valence-electron chi connectivity index (χ1n) is 5.46. The molecule has 17 heavy (non-hydrogen) atoms. The summed E-state index contributed by atoms with van der Waals surface area (Å²) in [7, 11) is 1.54. The Morgan fingerprint density at radius 2 is 2.00 bits per heavy atom. The van der Waals surface area contributed by atoms with Crippen LogP contribution in [0.2, 0.25) is 0 Å². The number of ether oxygens (including phenoxy) is 1. The number of aryl methyl sites for hydroxylation is 1. The number of benzene rings is 1. The van der Waals surface area contributed by atoms with Gasteiger partial charge < -0.3 is 4.74 Å². The van der Waals surface area contributed by atoms with E-state index < -0.39 is 11.6 Å². The van der Waals surface area contributed by atoms with Gasteiger partial charge in [0.1, 0.15) is 11.6 Å². The minimum atomic E-state index is -0.803. The van der Waals surface area contributed by atoms with Gasteiger partial charge in [-0.25, -0.2) is 8.78 Å². The highest BCUT2D eigenvalue weighted by molar-refractivity contribution is 5.98. The number of hydrogen-bond donors (Lipinski definition) is 0. The fraction of sp³-hybridized carbons (Fsp3) is 0.462. The molecule has 0 radical (unpaired) electrons. The summed E-state index contributed by atoms with van der Waals surface area (Å²) in [6.45, 7) is 3.65. The molecule has 0 aliphatic rings. The predicted molar refractivity (Wildman–Crippen MR) is 61.1 cm³/mol. The molecule has 0 saturated carbocycles. The summed E-state index contributed by atoms with van der Waals surface area (Å²) in [5.41, 5.74) is 0.223. The van der Waals surface area contributed by atoms with Crippen molar-refractivity contribution in [2.75, 3.05) is 13.7 Å². The highest BCUT2D eigenvalue weighted by Crippen LogP contribution is 2.19. The normalized spacial score (nSPS) is 12.5. The zero-order valence-corrected chi connectivity index (χ0v) is 10.2. The molecule has 0 amide bonds. The number of Topliss-reactive ketones (excluding diaryl/α,β-unsaturated/α-hetero) is 1. The average Bonchev–Trinajstić information content (AvgIpc) is 2.29. The molecule has 0 bridgehead atoms. The minimum Gasteiger partial charge on any atom is -0.385 e. The zero-order chi connectivity index (χ0) is 13.0. The molecule has 1 aromatic carbocycles. The van der Waals surface area contributed by atoms with Crippen molar-refractivity contribution in [3.8, 4) is 0 Å². The van der Waals surface area contributed by atoms with Crippen molar-refractivity contribution in [1.29, 1.82) is 0 Å². The van der Waals surface area contributed by atoms with Gasteiger partial charge in [0.25, 0.3) is 0 Å². The standard InChI is InChI=1S/C13H16F2O2/c1-8(4-5-17-3)13(16)10-6-9(2)11(14)7-12(10)15/h6-8H,4-5H2,1-3H3. The molecule has 1 atom stereocenters. The monoisotopic (exact) mass is 242 g/mol. The summed E-state index contributed by atoms with van der Waals surface area (Å²) >= 11 is 0. The Morgan fingerprint density at radius 1 is 1.35 bits per heavy atom. The summed E-state index contributed by atoms with van der Waals surface area (Å²) < 4.78 is 31.4. The Kier molecular flexibility index (Phi) is 4.75. The first kappa shape index (κ1) is 13.8. The molecule has 0 spiro atoms. The van der Waals surface area contributed by atoms with Crippen LogP contribution in [-0.2, 0) is 4.74 Å². The Hall–Kier alpha value is -1.29. The first-order valence-corrected chi connectivity index (χ1v) is 5.46. The van der Waals surface area contributed by atoms with Crippen LogP contribution in [0.15, 0.2) is 12.1 Å². The quantitative estimate of drug-likeness (QED) is 0.741. The van der Waals surface area contributed by atoms with E-state index in [0.717, 1.165) is 6.07 Å². The molecule has 0 fully saturated rings. The van der Waals surface area contributed by atoms with Gasteiger partial charge >= 0.3 is 0 Å². The summed E-state index contributed by atoms with van der Waals surface area (Å²) in [6, 6.07) is 2.02. The van der Waals surface area contributed by atoms with Crippen molar-refractivity contribution in [2.45, 2.75) is 20.3 Å². The Balaban J connectivity index is 2.92. The van der Waals surface area contributed by atoms with E-state index in [2.05, 4.69) is 0 Å². The molecular formula is C13H16F2O2. The summed E-state index contributed by atoms with van der Waals surface area (Å²) in [5, 5.41) is 0. The highest BCUT2D eigenvalue weighted by Gasteiger charge is 2.19. The second kappa shape index (κ2) is 5.87. The summed E-state index contributed by atoms with van der Waals surface area (Å²) in [4.78, 5) is 11.9. The van der Waals surface area contributed by atoms with E-state index >= 15 is 0 Å². The van der Waals surface area contributed by atoms with E-state index in [9.17, 15) is 13.6 Å². The van der Waals surface area contributed by atoms with Crippen LogP contribution >= 0.6 is 0 Å². The van der Waals surface area contributed by atoms with Gasteiger partial charge in [-0.2, -0.15) is 0 Å². The van der Waals surface area contributed by atoms with Crippen molar-refractivity contribution in [1.82, 2.24) is 0 Å². The number of hydrogen-bond acceptors (Lipinski definition) is 2. The lowest BCUT2D eigenvalue weighted by Gasteiger charge is -2.11. The summed E-state index contributed by atoms with van der Waals surface area (Å²) in [5.74, 6) is -2.09. The van der Waals surface area contributed by atoms with Crippen molar-refractivity contribution >= 4 is 5.78 Å². The van der Waals surface area contributed by atoms with E-state index in [0.29, 0.717) is 13.0 Å². The SMILES string of the molecule is COCCC(C)C(=O)c1cc(C)c(F)cc1F. The van der Waals surface area contributed by atoms with Gasteiger partial charge in [0.2, 0.25) is 0 Å². The van der Waals surface area contributed by atoms with Crippen molar-refractivity contribution < 1.29 is 18.3 Å². The number of ketones is 1. The van der Waals surface area contributed by atoms with Crippen LogP contribution in [0.5, 0.6) is 0 Å². The fourth-order valence-electron chi connectivity index (χ4n) is 1.54. The van der Waals surface area contributed by atoms with Gasteiger partial charge in [-0.3, -0.25) is 4.79 Å². The topological polar surface area (TPSA) is 26.3 Å². The second-order valence-electron chi connectivity index (χ2n) is 4.13. The van der Waals surface area contributed by atoms with Gasteiger partial charge in [-0.05, 0) is 25.0 Å². The number of carbonyl (C=O) groups is 1. The molecule has 2 nitrogen and oxygen atoms in total. The molecule has 0 N–H and O–H groups in total. The smallest absolute Gasteiger partial charge is 0.168 e. The number of methoxy groups -OCH3 is 1. The van der Waals surface area contributed by atoms with Crippen LogP contribution in [-0.4, -0.2) is 19.5 Å². The van der Waals surface area contributed by atoms with Gasteiger partial charge in [0.05, 0.1) is 5.56 Å². The second-order valence-corrected chi connectivity index (χ2v) is 4.13. The zero-order valence-electron chi connectivity index (χ0n) is 10.2. The van der Waals surface area contributed by atoms with Crippen molar-refractivity contribution in [3.63, 3.8) is 0 Å². The van der Waals surface area contributed by atoms with Crippen molar-refractivity contribution in [3.05, 3.63) is 34.9 Å². The van der Waals surface area contributed by atoms with Crippen LogP contribution in [0.4, 0.5) is 8.78 Å². The van der Waals surface area contributed by atoms with Crippen LogP contribution in [0.25, 0.3) is 0 Å². The highest BCUT2D eigenvalue weighted by atomic mass is 19.1. The van der Waals surface area contributed by atoms with Gasteiger partial charge in [0.15, 0.2) is 5.78 Å². The molecule has 1 unspecified atom stereocenters. The third-order valence-corrected chi connectivity index (χ3v) is 2.72. The van der Waals surface area contributed by atoms with E-state index in [1.807, 2.05) is 0 Å². The molecule has 0 saturated heterocycles. The van der Waals surface area contributed by atoms with E-state index in [4.69, 9.17) is 4.74 Å². The van der Waals surface area contributed by atoms with Crippen LogP contribution in [0, 0.1) is 24.5 Å². The minimum absolute atomic E-state index is 0.0486. The molecule has 1 aromatic rings. The molecule has 1 rings (SSSR count). The van der Waals surface area contributed by atoms with E-state index in [1.54, 1.807) is 14.0 Å². The van der Waals surface area contributed by atoms with E-state index in [1.165, 1.54) is 13.0 Å². The van der Waals surface area contributed by atoms with Crippen molar-refractivity contribution in [2.24, 2.45) is 5.92 Å². The first-order chi connectivity index (χ1) is 7.97. The number of carbonyl (C=O) groups excluding carboxylic acids is 1. The van der Waals surface area contributed by atoms with Gasteiger partial charge in [-0.1, -0.05) is 6.92 Å². The summed E-state index contributed by atoms with van der Waals surface area (Å²) in [6.07, 6.45) is 0.519. The van der Waals surface area contributed by atoms with Crippen LogP contribution < -0.4 is 0 Å². The number of halogens is 2. The Morgan fingerprint density at radius 3 is 2.59 bits per heavy atom.